The van der Waals surface area contributed by atoms with Gasteiger partial charge in [-0.2, -0.15) is 0 Å². The second-order valence-electron chi connectivity index (χ2n) is 6.12. The summed E-state index contributed by atoms with van der Waals surface area (Å²) < 4.78 is 5.62. The Morgan fingerprint density at radius 3 is 2.68 bits per heavy atom. The molecule has 3 saturated heterocycles. The van der Waals surface area contributed by atoms with Crippen LogP contribution >= 0.6 is 12.4 Å². The Labute approximate surface area is 121 Å². The minimum atomic E-state index is -0.143. The Morgan fingerprint density at radius 2 is 2.00 bits per heavy atom. The molecule has 110 valence electrons. The summed E-state index contributed by atoms with van der Waals surface area (Å²) in [7, 11) is 0. The molecule has 0 aromatic carbocycles. The maximum absolute atomic E-state index is 12.4. The van der Waals surface area contributed by atoms with Crippen molar-refractivity contribution in [2.24, 2.45) is 5.41 Å². The Kier molecular flexibility index (Phi) is 5.09. The Hall–Kier alpha value is -0.320. The van der Waals surface area contributed by atoms with Crippen LogP contribution < -0.4 is 5.32 Å². The van der Waals surface area contributed by atoms with E-state index in [1.165, 1.54) is 19.3 Å². The van der Waals surface area contributed by atoms with Gasteiger partial charge in [-0.15, -0.1) is 12.4 Å². The summed E-state index contributed by atoms with van der Waals surface area (Å²) in [5.41, 5.74) is 0.412. The van der Waals surface area contributed by atoms with Crippen LogP contribution in [0.15, 0.2) is 0 Å². The molecular formula is C14H25ClN2O2. The molecule has 0 aromatic rings. The van der Waals surface area contributed by atoms with Crippen LogP contribution in [0.1, 0.15) is 38.5 Å². The van der Waals surface area contributed by atoms with Crippen molar-refractivity contribution in [3.63, 3.8) is 0 Å². The molecule has 5 heteroatoms. The van der Waals surface area contributed by atoms with E-state index in [2.05, 4.69) is 10.2 Å². The van der Waals surface area contributed by atoms with Gasteiger partial charge in [0, 0.05) is 19.7 Å². The summed E-state index contributed by atoms with van der Waals surface area (Å²) in [6.07, 6.45) is 6.66. The van der Waals surface area contributed by atoms with E-state index in [1.807, 2.05) is 0 Å². The highest BCUT2D eigenvalue weighted by Gasteiger charge is 2.42. The van der Waals surface area contributed by atoms with E-state index in [4.69, 9.17) is 4.74 Å². The maximum atomic E-state index is 12.4. The molecule has 0 aromatic heterocycles. The zero-order valence-corrected chi connectivity index (χ0v) is 12.3. The van der Waals surface area contributed by atoms with Crippen molar-refractivity contribution in [2.45, 2.75) is 44.6 Å². The quantitative estimate of drug-likeness (QED) is 0.796. The predicted octanol–water partition coefficient (Wildman–Crippen LogP) is 1.58. The van der Waals surface area contributed by atoms with Crippen LogP contribution in [0.5, 0.6) is 0 Å². The van der Waals surface area contributed by atoms with Gasteiger partial charge >= 0.3 is 0 Å². The number of amides is 1. The number of halogens is 1. The fraction of sp³-hybridized carbons (Fsp3) is 0.929. The van der Waals surface area contributed by atoms with Gasteiger partial charge in [0.25, 0.3) is 5.91 Å². The predicted molar refractivity (Wildman–Crippen MR) is 76.6 cm³/mol. The Balaban J connectivity index is 0.00000133. The van der Waals surface area contributed by atoms with E-state index in [-0.39, 0.29) is 24.4 Å². The molecule has 1 amide bonds. The van der Waals surface area contributed by atoms with Gasteiger partial charge in [0.05, 0.1) is 0 Å². The van der Waals surface area contributed by atoms with E-state index >= 15 is 0 Å². The zero-order valence-electron chi connectivity index (χ0n) is 11.5. The molecule has 19 heavy (non-hydrogen) atoms. The maximum Gasteiger partial charge on any atom is 0.251 e. The minimum Gasteiger partial charge on any atom is -0.368 e. The third-order valence-electron chi connectivity index (χ3n) is 4.87. The highest BCUT2D eigenvalue weighted by atomic mass is 35.5. The van der Waals surface area contributed by atoms with Gasteiger partial charge in [-0.25, -0.2) is 0 Å². The van der Waals surface area contributed by atoms with Gasteiger partial charge in [0.2, 0.25) is 0 Å². The molecule has 0 aliphatic carbocycles. The first kappa shape index (κ1) is 15.1. The summed E-state index contributed by atoms with van der Waals surface area (Å²) in [5, 5.41) is 3.42. The summed E-state index contributed by atoms with van der Waals surface area (Å²) in [4.78, 5) is 14.5. The molecule has 1 unspecified atom stereocenters. The number of nitrogens with one attached hydrogen (secondary N) is 1. The second kappa shape index (κ2) is 6.42. The van der Waals surface area contributed by atoms with Crippen LogP contribution in [0.4, 0.5) is 0 Å². The lowest BCUT2D eigenvalue weighted by Crippen LogP contribution is -2.43. The molecule has 1 atom stereocenters. The Morgan fingerprint density at radius 1 is 1.21 bits per heavy atom. The zero-order chi connectivity index (χ0) is 12.4. The molecular weight excluding hydrogens is 264 g/mol. The first-order chi connectivity index (χ1) is 8.79. The fourth-order valence-corrected chi connectivity index (χ4v) is 3.63. The SMILES string of the molecule is Cl.O=C(C1CCCCO1)N1CCC2(CCNCC2)C1. The van der Waals surface area contributed by atoms with Crippen LogP contribution in [-0.2, 0) is 9.53 Å². The summed E-state index contributed by atoms with van der Waals surface area (Å²) in [6.45, 7) is 4.90. The summed E-state index contributed by atoms with van der Waals surface area (Å²) in [6, 6.07) is 0. The number of ether oxygens (including phenoxy) is 1. The van der Waals surface area contributed by atoms with Gasteiger partial charge < -0.3 is 15.0 Å². The third kappa shape index (κ3) is 3.23. The fourth-order valence-electron chi connectivity index (χ4n) is 3.63. The van der Waals surface area contributed by atoms with Crippen molar-refractivity contribution in [1.82, 2.24) is 10.2 Å². The number of nitrogens with zero attached hydrogens (tertiary/aromatic N) is 1. The number of rotatable bonds is 1. The largest absolute Gasteiger partial charge is 0.368 e. The molecule has 0 radical (unpaired) electrons. The van der Waals surface area contributed by atoms with Crippen molar-refractivity contribution >= 4 is 18.3 Å². The van der Waals surface area contributed by atoms with E-state index < -0.39 is 0 Å². The normalized spacial score (nSPS) is 30.1. The van der Waals surface area contributed by atoms with Gasteiger partial charge in [-0.05, 0) is 57.0 Å². The molecule has 3 aliphatic heterocycles. The van der Waals surface area contributed by atoms with Gasteiger partial charge in [0.1, 0.15) is 6.10 Å². The number of piperidine rings is 1. The van der Waals surface area contributed by atoms with Crippen LogP contribution in [0.25, 0.3) is 0 Å². The number of carbonyl (C=O) groups is 1. The Bertz CT molecular complexity index is 313. The molecule has 3 rings (SSSR count). The molecule has 1 N–H and O–H groups in total. The van der Waals surface area contributed by atoms with Crippen LogP contribution in [0.2, 0.25) is 0 Å². The lowest BCUT2D eigenvalue weighted by Gasteiger charge is -2.34. The first-order valence-electron chi connectivity index (χ1n) is 7.40. The van der Waals surface area contributed by atoms with E-state index in [0.717, 1.165) is 52.0 Å². The first-order valence-corrected chi connectivity index (χ1v) is 7.40. The molecule has 3 aliphatic rings. The highest BCUT2D eigenvalue weighted by molar-refractivity contribution is 5.85. The minimum absolute atomic E-state index is 0. The molecule has 3 heterocycles. The van der Waals surface area contributed by atoms with Gasteiger partial charge in [-0.1, -0.05) is 0 Å². The van der Waals surface area contributed by atoms with Gasteiger partial charge in [0.15, 0.2) is 0 Å². The summed E-state index contributed by atoms with van der Waals surface area (Å²) in [5.74, 6) is 0.255. The van der Waals surface area contributed by atoms with E-state index in [9.17, 15) is 4.79 Å². The number of carbonyl (C=O) groups excluding carboxylic acids is 1. The smallest absolute Gasteiger partial charge is 0.251 e. The number of hydrogen-bond donors (Lipinski definition) is 1. The van der Waals surface area contributed by atoms with Crippen molar-refractivity contribution < 1.29 is 9.53 Å². The highest BCUT2D eigenvalue weighted by Crippen LogP contribution is 2.39. The molecule has 0 bridgehead atoms. The molecule has 4 nitrogen and oxygen atoms in total. The molecule has 3 fully saturated rings. The summed E-state index contributed by atoms with van der Waals surface area (Å²) >= 11 is 0. The number of likely N-dealkylation sites (tertiary alicyclic amines) is 1. The van der Waals surface area contributed by atoms with Crippen molar-refractivity contribution in [3.05, 3.63) is 0 Å². The number of hydrogen-bond acceptors (Lipinski definition) is 3. The van der Waals surface area contributed by atoms with Crippen LogP contribution in [0, 0.1) is 5.41 Å². The second-order valence-corrected chi connectivity index (χ2v) is 6.12. The van der Waals surface area contributed by atoms with Crippen molar-refractivity contribution in [1.29, 1.82) is 0 Å². The average Bonchev–Trinajstić information content (AvgIpc) is 2.83. The molecule has 0 saturated carbocycles. The molecule has 1 spiro atoms. The van der Waals surface area contributed by atoms with E-state index in [0.29, 0.717) is 5.41 Å². The third-order valence-corrected chi connectivity index (χ3v) is 4.87. The lowest BCUT2D eigenvalue weighted by atomic mass is 9.78. The van der Waals surface area contributed by atoms with Crippen LogP contribution in [0.3, 0.4) is 0 Å². The lowest BCUT2D eigenvalue weighted by molar-refractivity contribution is -0.145. The van der Waals surface area contributed by atoms with Crippen LogP contribution in [-0.4, -0.2) is 49.7 Å². The topological polar surface area (TPSA) is 41.6 Å². The van der Waals surface area contributed by atoms with Crippen molar-refractivity contribution in [3.8, 4) is 0 Å². The standard InChI is InChI=1S/C14H24N2O2.ClH/c17-13(12-3-1-2-10-18-12)16-9-6-14(11-16)4-7-15-8-5-14;/h12,15H,1-11H2;1H. The monoisotopic (exact) mass is 288 g/mol. The van der Waals surface area contributed by atoms with Crippen molar-refractivity contribution in [2.75, 3.05) is 32.8 Å². The van der Waals surface area contributed by atoms with E-state index in [1.54, 1.807) is 0 Å². The average molecular weight is 289 g/mol. The van der Waals surface area contributed by atoms with Gasteiger partial charge in [-0.3, -0.25) is 4.79 Å².